The number of rotatable bonds is 6. The Bertz CT molecular complexity index is 293. The predicted molar refractivity (Wildman–Crippen MR) is 60.9 cm³/mol. The van der Waals surface area contributed by atoms with Gasteiger partial charge in [-0.3, -0.25) is 9.59 Å². The van der Waals surface area contributed by atoms with Gasteiger partial charge < -0.3 is 20.7 Å². The van der Waals surface area contributed by atoms with Crippen molar-refractivity contribution in [2.45, 2.75) is 19.9 Å². The largest absolute Gasteiger partial charge is 0.464 e. The number of nitrogens with two attached hydrogens (primary N) is 1. The Kier molecular flexibility index (Phi) is 6.88. The summed E-state index contributed by atoms with van der Waals surface area (Å²) in [5.41, 5.74) is 5.44. The topological polar surface area (TPSA) is 102 Å². The second-order valence-electron chi connectivity index (χ2n) is 3.26. The SMILES string of the molecule is CCOC(=O)C(N)C(=O)N(CC)CC(=O)NC. The molecule has 17 heavy (non-hydrogen) atoms. The fourth-order valence-corrected chi connectivity index (χ4v) is 1.13. The van der Waals surface area contributed by atoms with Crippen LogP contribution < -0.4 is 11.1 Å². The molecule has 0 fully saturated rings. The first kappa shape index (κ1) is 15.4. The summed E-state index contributed by atoms with van der Waals surface area (Å²) >= 11 is 0. The Hall–Kier alpha value is -1.63. The van der Waals surface area contributed by atoms with E-state index in [1.165, 1.54) is 11.9 Å². The van der Waals surface area contributed by atoms with Crippen LogP contribution in [-0.4, -0.2) is 55.5 Å². The number of amides is 2. The molecule has 1 unspecified atom stereocenters. The number of ether oxygens (including phenoxy) is 1. The molecule has 0 aliphatic carbocycles. The third-order valence-electron chi connectivity index (χ3n) is 2.11. The van der Waals surface area contributed by atoms with E-state index in [0.717, 1.165) is 0 Å². The van der Waals surface area contributed by atoms with E-state index < -0.39 is 17.9 Å². The molecule has 98 valence electrons. The number of nitrogens with one attached hydrogen (secondary N) is 1. The lowest BCUT2D eigenvalue weighted by atomic mass is 10.2. The van der Waals surface area contributed by atoms with Crippen molar-refractivity contribution in [2.24, 2.45) is 5.73 Å². The molecule has 0 aromatic heterocycles. The molecule has 7 nitrogen and oxygen atoms in total. The first-order valence-electron chi connectivity index (χ1n) is 5.39. The summed E-state index contributed by atoms with van der Waals surface area (Å²) in [6.45, 7) is 3.63. The molecule has 0 radical (unpaired) electrons. The highest BCUT2D eigenvalue weighted by Crippen LogP contribution is 1.96. The molecule has 1 atom stereocenters. The molecule has 0 aromatic carbocycles. The van der Waals surface area contributed by atoms with Gasteiger partial charge in [-0.05, 0) is 13.8 Å². The van der Waals surface area contributed by atoms with Gasteiger partial charge in [0.1, 0.15) is 0 Å². The van der Waals surface area contributed by atoms with Crippen LogP contribution in [0.3, 0.4) is 0 Å². The molecule has 2 amide bonds. The number of likely N-dealkylation sites (N-methyl/N-ethyl adjacent to an activating group) is 2. The number of carbonyl (C=O) groups is 3. The third kappa shape index (κ3) is 4.81. The summed E-state index contributed by atoms with van der Waals surface area (Å²) in [6, 6.07) is -1.38. The van der Waals surface area contributed by atoms with Crippen molar-refractivity contribution < 1.29 is 19.1 Å². The monoisotopic (exact) mass is 245 g/mol. The van der Waals surface area contributed by atoms with Crippen LogP contribution in [0.5, 0.6) is 0 Å². The lowest BCUT2D eigenvalue weighted by Crippen LogP contribution is -2.51. The zero-order valence-corrected chi connectivity index (χ0v) is 10.4. The van der Waals surface area contributed by atoms with E-state index in [9.17, 15) is 14.4 Å². The van der Waals surface area contributed by atoms with Gasteiger partial charge in [0.2, 0.25) is 5.91 Å². The van der Waals surface area contributed by atoms with E-state index in [1.54, 1.807) is 13.8 Å². The molecular formula is C10H19N3O4. The molecule has 0 spiro atoms. The Balaban J connectivity index is 4.52. The van der Waals surface area contributed by atoms with Gasteiger partial charge in [0.05, 0.1) is 13.2 Å². The number of esters is 1. The first-order valence-corrected chi connectivity index (χ1v) is 5.39. The minimum absolute atomic E-state index is 0.126. The maximum atomic E-state index is 11.8. The van der Waals surface area contributed by atoms with Crippen LogP contribution in [0.25, 0.3) is 0 Å². The highest BCUT2D eigenvalue weighted by Gasteiger charge is 2.28. The number of hydrogen-bond acceptors (Lipinski definition) is 5. The lowest BCUT2D eigenvalue weighted by molar-refractivity contribution is -0.151. The molecule has 3 N–H and O–H groups in total. The summed E-state index contributed by atoms with van der Waals surface area (Å²) in [7, 11) is 1.46. The van der Waals surface area contributed by atoms with Gasteiger partial charge in [-0.1, -0.05) is 0 Å². The Labute approximate surface area is 100 Å². The van der Waals surface area contributed by atoms with Crippen molar-refractivity contribution in [1.82, 2.24) is 10.2 Å². The molecule has 7 heteroatoms. The molecule has 0 rings (SSSR count). The Morgan fingerprint density at radius 3 is 2.35 bits per heavy atom. The summed E-state index contributed by atoms with van der Waals surface area (Å²) < 4.78 is 4.64. The van der Waals surface area contributed by atoms with Crippen molar-refractivity contribution in [3.05, 3.63) is 0 Å². The summed E-state index contributed by atoms with van der Waals surface area (Å²) in [5.74, 6) is -1.72. The molecule has 0 aliphatic heterocycles. The second kappa shape index (κ2) is 7.61. The van der Waals surface area contributed by atoms with Gasteiger partial charge in [0.15, 0.2) is 6.04 Å². The fraction of sp³-hybridized carbons (Fsp3) is 0.700. The van der Waals surface area contributed by atoms with Gasteiger partial charge in [-0.15, -0.1) is 0 Å². The number of nitrogens with zero attached hydrogens (tertiary/aromatic N) is 1. The van der Waals surface area contributed by atoms with Gasteiger partial charge in [0.25, 0.3) is 5.91 Å². The summed E-state index contributed by atoms with van der Waals surface area (Å²) in [5, 5.41) is 2.39. The van der Waals surface area contributed by atoms with E-state index >= 15 is 0 Å². The Morgan fingerprint density at radius 2 is 1.94 bits per heavy atom. The minimum atomic E-state index is -1.38. The van der Waals surface area contributed by atoms with Crippen LogP contribution >= 0.6 is 0 Å². The standard InChI is InChI=1S/C10H19N3O4/c1-4-13(6-7(14)12-3)9(15)8(11)10(16)17-5-2/h8H,4-6,11H2,1-3H3,(H,12,14). The molecular weight excluding hydrogens is 226 g/mol. The van der Waals surface area contributed by atoms with Gasteiger partial charge >= 0.3 is 5.97 Å². The highest BCUT2D eigenvalue weighted by atomic mass is 16.5. The molecule has 0 saturated heterocycles. The van der Waals surface area contributed by atoms with E-state index in [-0.39, 0.29) is 19.1 Å². The molecule has 0 aliphatic rings. The van der Waals surface area contributed by atoms with Crippen molar-refractivity contribution in [2.75, 3.05) is 26.7 Å². The predicted octanol–water partition coefficient (Wildman–Crippen LogP) is -1.53. The molecule has 0 heterocycles. The van der Waals surface area contributed by atoms with Crippen molar-refractivity contribution in [3.8, 4) is 0 Å². The summed E-state index contributed by atoms with van der Waals surface area (Å²) in [4.78, 5) is 35.4. The van der Waals surface area contributed by atoms with Gasteiger partial charge in [-0.25, -0.2) is 4.79 Å². The van der Waals surface area contributed by atoms with Crippen LogP contribution in [0.1, 0.15) is 13.8 Å². The third-order valence-corrected chi connectivity index (χ3v) is 2.11. The van der Waals surface area contributed by atoms with Crippen LogP contribution in [0, 0.1) is 0 Å². The Morgan fingerprint density at radius 1 is 1.35 bits per heavy atom. The quantitative estimate of drug-likeness (QED) is 0.437. The average Bonchev–Trinajstić information content (AvgIpc) is 2.33. The summed E-state index contributed by atoms with van der Waals surface area (Å²) in [6.07, 6.45) is 0. The van der Waals surface area contributed by atoms with Crippen LogP contribution in [0.4, 0.5) is 0 Å². The lowest BCUT2D eigenvalue weighted by Gasteiger charge is -2.22. The van der Waals surface area contributed by atoms with Crippen LogP contribution in [-0.2, 0) is 19.1 Å². The smallest absolute Gasteiger partial charge is 0.332 e. The normalized spacial score (nSPS) is 11.5. The first-order chi connectivity index (χ1) is 7.97. The highest BCUT2D eigenvalue weighted by molar-refractivity contribution is 6.02. The zero-order chi connectivity index (χ0) is 13.4. The maximum absolute atomic E-state index is 11.8. The number of carbonyl (C=O) groups excluding carboxylic acids is 3. The van der Waals surface area contributed by atoms with Crippen LogP contribution in [0.15, 0.2) is 0 Å². The van der Waals surface area contributed by atoms with E-state index in [2.05, 4.69) is 10.1 Å². The molecule has 0 bridgehead atoms. The van der Waals surface area contributed by atoms with E-state index in [0.29, 0.717) is 6.54 Å². The van der Waals surface area contributed by atoms with Crippen molar-refractivity contribution in [1.29, 1.82) is 0 Å². The van der Waals surface area contributed by atoms with Gasteiger partial charge in [0, 0.05) is 13.6 Å². The van der Waals surface area contributed by atoms with Crippen LogP contribution in [0.2, 0.25) is 0 Å². The second-order valence-corrected chi connectivity index (χ2v) is 3.26. The fourth-order valence-electron chi connectivity index (χ4n) is 1.13. The minimum Gasteiger partial charge on any atom is -0.464 e. The van der Waals surface area contributed by atoms with E-state index in [1.807, 2.05) is 0 Å². The molecule has 0 aromatic rings. The number of hydrogen-bond donors (Lipinski definition) is 2. The molecule has 0 saturated carbocycles. The zero-order valence-electron chi connectivity index (χ0n) is 10.4. The average molecular weight is 245 g/mol. The van der Waals surface area contributed by atoms with Gasteiger partial charge in [-0.2, -0.15) is 0 Å². The van der Waals surface area contributed by atoms with Crippen molar-refractivity contribution >= 4 is 17.8 Å². The maximum Gasteiger partial charge on any atom is 0.332 e. The van der Waals surface area contributed by atoms with Crippen molar-refractivity contribution in [3.63, 3.8) is 0 Å². The van der Waals surface area contributed by atoms with E-state index in [4.69, 9.17) is 5.73 Å².